The number of alkyl halides is 2. The zero-order valence-corrected chi connectivity index (χ0v) is 25.5. The second kappa shape index (κ2) is 14.2. The van der Waals surface area contributed by atoms with Crippen LogP contribution in [0.4, 0.5) is 13.2 Å². The lowest BCUT2D eigenvalue weighted by atomic mass is 9.90. The van der Waals surface area contributed by atoms with E-state index in [0.29, 0.717) is 61.9 Å². The van der Waals surface area contributed by atoms with Gasteiger partial charge in [0.05, 0.1) is 16.9 Å². The van der Waals surface area contributed by atoms with Gasteiger partial charge in [0.2, 0.25) is 12.3 Å². The zero-order valence-electron chi connectivity index (χ0n) is 23.9. The maximum atomic E-state index is 14.0. The molecule has 1 aliphatic carbocycles. The molecule has 12 heteroatoms. The number of nitrogens with zero attached hydrogens (tertiary/aromatic N) is 2. The summed E-state index contributed by atoms with van der Waals surface area (Å²) in [4.78, 5) is 31.7. The molecule has 234 valence electrons. The van der Waals surface area contributed by atoms with E-state index in [2.05, 4.69) is 16.3 Å². The van der Waals surface area contributed by atoms with Gasteiger partial charge in [0.25, 0.3) is 0 Å². The number of amides is 1. The summed E-state index contributed by atoms with van der Waals surface area (Å²) in [6.45, 7) is 0.888. The number of fused-ring (bicyclic) bond motifs is 1. The number of carbonyl (C=O) groups excluding carboxylic acids is 1. The van der Waals surface area contributed by atoms with Crippen molar-refractivity contribution >= 4 is 46.8 Å². The Morgan fingerprint density at radius 1 is 1.30 bits per heavy atom. The fraction of sp³-hybridized carbons (Fsp3) is 0.438. The van der Waals surface area contributed by atoms with Crippen molar-refractivity contribution < 1.29 is 27.9 Å². The van der Waals surface area contributed by atoms with Gasteiger partial charge in [-0.2, -0.15) is 0 Å². The van der Waals surface area contributed by atoms with Crippen molar-refractivity contribution in [1.82, 2.24) is 10.2 Å². The van der Waals surface area contributed by atoms with Gasteiger partial charge in [-0.05, 0) is 68.1 Å². The van der Waals surface area contributed by atoms with Gasteiger partial charge in [-0.3, -0.25) is 14.6 Å². The lowest BCUT2D eigenvalue weighted by Gasteiger charge is -2.35. The summed E-state index contributed by atoms with van der Waals surface area (Å²) in [5.74, 6) is -1.25. The van der Waals surface area contributed by atoms with Gasteiger partial charge in [-0.1, -0.05) is 35.9 Å². The summed E-state index contributed by atoms with van der Waals surface area (Å²) in [6, 6.07) is 3.32. The summed E-state index contributed by atoms with van der Waals surface area (Å²) in [5.41, 5.74) is 2.47. The van der Waals surface area contributed by atoms with Gasteiger partial charge in [0.1, 0.15) is 17.7 Å². The van der Waals surface area contributed by atoms with E-state index in [0.717, 1.165) is 18.0 Å². The number of thioether (sulfide) groups is 1. The average Bonchev–Trinajstić information content (AvgIpc) is 3.59. The van der Waals surface area contributed by atoms with E-state index < -0.39 is 36.6 Å². The largest absolute Gasteiger partial charge is 0.481 e. The Bertz CT molecular complexity index is 1470. The number of nitrogens with one attached hydrogen (secondary N) is 2. The SMILES string of the molecule is N=C(/C=C\CC(F)F)C1=C2C[C@H](CNC(=O)C3=CCCC(C(=O)O)CC3)CN2C(C2CC=CS2)=N[C@H]1c1ccc(F)cc1Cl. The highest BCUT2D eigenvalue weighted by atomic mass is 35.5. The minimum atomic E-state index is -2.54. The predicted octanol–water partition coefficient (Wildman–Crippen LogP) is 7.08. The molecule has 7 nitrogen and oxygen atoms in total. The molecule has 2 unspecified atom stereocenters. The van der Waals surface area contributed by atoms with E-state index >= 15 is 0 Å². The van der Waals surface area contributed by atoms with Crippen LogP contribution in [0.3, 0.4) is 0 Å². The smallest absolute Gasteiger partial charge is 0.306 e. The number of aliphatic carboxylic acids is 1. The van der Waals surface area contributed by atoms with Crippen LogP contribution in [0.1, 0.15) is 56.6 Å². The lowest BCUT2D eigenvalue weighted by Crippen LogP contribution is -2.40. The second-order valence-corrected chi connectivity index (χ2v) is 12.9. The molecule has 1 saturated heterocycles. The van der Waals surface area contributed by atoms with Crippen molar-refractivity contribution in [3.8, 4) is 0 Å². The molecule has 0 spiro atoms. The molecule has 3 heterocycles. The van der Waals surface area contributed by atoms with Gasteiger partial charge in [0, 0.05) is 46.9 Å². The molecule has 0 aromatic heterocycles. The van der Waals surface area contributed by atoms with Crippen molar-refractivity contribution in [3.05, 3.63) is 81.2 Å². The number of amidine groups is 1. The highest BCUT2D eigenvalue weighted by molar-refractivity contribution is 8.03. The van der Waals surface area contributed by atoms with Crippen molar-refractivity contribution in [1.29, 1.82) is 5.41 Å². The Kier molecular flexibility index (Phi) is 10.4. The molecular weight excluding hydrogens is 613 g/mol. The van der Waals surface area contributed by atoms with Gasteiger partial charge in [-0.15, -0.1) is 11.8 Å². The summed E-state index contributed by atoms with van der Waals surface area (Å²) in [5, 5.41) is 23.5. The average molecular weight is 647 g/mol. The molecule has 44 heavy (non-hydrogen) atoms. The van der Waals surface area contributed by atoms with E-state index in [1.165, 1.54) is 24.3 Å². The summed E-state index contributed by atoms with van der Waals surface area (Å²) >= 11 is 8.15. The van der Waals surface area contributed by atoms with Crippen molar-refractivity contribution in [2.45, 2.75) is 62.7 Å². The second-order valence-electron chi connectivity index (χ2n) is 11.4. The van der Waals surface area contributed by atoms with E-state index in [1.807, 2.05) is 11.5 Å². The Morgan fingerprint density at radius 3 is 2.82 bits per heavy atom. The number of rotatable bonds is 10. The van der Waals surface area contributed by atoms with Gasteiger partial charge in [-0.25, -0.2) is 13.2 Å². The molecule has 1 aromatic carbocycles. The third-order valence-electron chi connectivity index (χ3n) is 8.35. The van der Waals surface area contributed by atoms with Crippen molar-refractivity contribution in [2.24, 2.45) is 16.8 Å². The molecule has 0 saturated carbocycles. The van der Waals surface area contributed by atoms with E-state index in [4.69, 9.17) is 22.0 Å². The van der Waals surface area contributed by atoms with Crippen LogP contribution in [0.15, 0.2) is 69.7 Å². The summed E-state index contributed by atoms with van der Waals surface area (Å²) < 4.78 is 39.9. The Morgan fingerprint density at radius 2 is 2.11 bits per heavy atom. The monoisotopic (exact) mass is 646 g/mol. The maximum absolute atomic E-state index is 14.0. The molecule has 0 bridgehead atoms. The van der Waals surface area contributed by atoms with Crippen LogP contribution in [0.2, 0.25) is 5.02 Å². The topological polar surface area (TPSA) is 106 Å². The first-order valence-corrected chi connectivity index (χ1v) is 16.0. The molecule has 1 aromatic rings. The van der Waals surface area contributed by atoms with Crippen LogP contribution in [0.5, 0.6) is 0 Å². The van der Waals surface area contributed by atoms with E-state index in [1.54, 1.807) is 17.8 Å². The molecule has 4 aliphatic rings. The number of carbonyl (C=O) groups is 2. The number of halogens is 4. The van der Waals surface area contributed by atoms with Gasteiger partial charge >= 0.3 is 5.97 Å². The molecule has 3 aliphatic heterocycles. The molecule has 1 amide bonds. The molecule has 5 rings (SSSR count). The quantitative estimate of drug-likeness (QED) is 0.236. The number of aliphatic imine (C=N–C) groups is 1. The first-order valence-electron chi connectivity index (χ1n) is 14.7. The Balaban J connectivity index is 1.43. The van der Waals surface area contributed by atoms with E-state index in [-0.39, 0.29) is 27.8 Å². The highest BCUT2D eigenvalue weighted by Crippen LogP contribution is 2.45. The fourth-order valence-electron chi connectivity index (χ4n) is 6.14. The summed E-state index contributed by atoms with van der Waals surface area (Å²) in [7, 11) is 0. The van der Waals surface area contributed by atoms with Crippen LogP contribution < -0.4 is 5.32 Å². The Labute approximate surface area is 263 Å². The third-order valence-corrected chi connectivity index (χ3v) is 9.76. The molecule has 3 N–H and O–H groups in total. The first kappa shape index (κ1) is 32.1. The van der Waals surface area contributed by atoms with Crippen molar-refractivity contribution in [3.63, 3.8) is 0 Å². The number of allylic oxidation sites excluding steroid dienone is 5. The number of hydrogen-bond donors (Lipinski definition) is 3. The number of carboxylic acid groups (broad SMARTS) is 1. The molecule has 0 radical (unpaired) electrons. The highest BCUT2D eigenvalue weighted by Gasteiger charge is 2.42. The number of hydrogen-bond acceptors (Lipinski definition) is 6. The summed E-state index contributed by atoms with van der Waals surface area (Å²) in [6.07, 6.45) is 6.61. The number of benzene rings is 1. The fourth-order valence-corrected chi connectivity index (χ4v) is 7.36. The van der Waals surface area contributed by atoms with Gasteiger partial charge in [0.15, 0.2) is 0 Å². The zero-order chi connectivity index (χ0) is 31.4. The Hall–Kier alpha value is -3.31. The van der Waals surface area contributed by atoms with Crippen LogP contribution >= 0.6 is 23.4 Å². The third kappa shape index (κ3) is 7.31. The van der Waals surface area contributed by atoms with Gasteiger partial charge < -0.3 is 20.7 Å². The van der Waals surface area contributed by atoms with Crippen molar-refractivity contribution in [2.75, 3.05) is 13.1 Å². The normalized spacial score (nSPS) is 25.2. The maximum Gasteiger partial charge on any atom is 0.306 e. The first-order chi connectivity index (χ1) is 21.1. The molecular formula is C32H34ClF3N4O3S. The van der Waals surface area contributed by atoms with Crippen LogP contribution in [0.25, 0.3) is 0 Å². The minimum Gasteiger partial charge on any atom is -0.481 e. The standard InChI is InChI=1S/C32H34ClF3N4O3S/c33-23-15-21(34)11-12-22(23)29-28(24(37)6-2-8-27(35)36)25-14-18(17-40(25)30(39-29)26-7-3-13-44-26)16-38-31(41)19-4-1-5-20(10-9-19)32(42)43/h2-4,6,11-13,15,18,20,26-27,29,37H,1,5,7-10,14,16-17H2,(H,38,41)(H,42,43)/b6-2-,37-24?/t18-,20?,26?,29+/m1/s1. The molecule has 1 fully saturated rings. The van der Waals surface area contributed by atoms with Crippen LogP contribution in [0, 0.1) is 23.1 Å². The molecule has 4 atom stereocenters. The van der Waals surface area contributed by atoms with Crippen LogP contribution in [-0.2, 0) is 9.59 Å². The predicted molar refractivity (Wildman–Crippen MR) is 167 cm³/mol. The number of carboxylic acids is 1. The minimum absolute atomic E-state index is 0.0171. The van der Waals surface area contributed by atoms with E-state index in [9.17, 15) is 27.9 Å². The van der Waals surface area contributed by atoms with Crippen LogP contribution in [-0.4, -0.2) is 58.2 Å². The lowest BCUT2D eigenvalue weighted by molar-refractivity contribution is -0.142.